The van der Waals surface area contributed by atoms with Gasteiger partial charge in [-0.15, -0.1) is 0 Å². The van der Waals surface area contributed by atoms with E-state index in [4.69, 9.17) is 9.66 Å². The fourth-order valence-corrected chi connectivity index (χ4v) is 3.64. The minimum absolute atomic E-state index is 0.0118. The van der Waals surface area contributed by atoms with E-state index in [-0.39, 0.29) is 4.90 Å². The van der Waals surface area contributed by atoms with Crippen LogP contribution in [0.3, 0.4) is 0 Å². The Morgan fingerprint density at radius 2 is 1.96 bits per heavy atom. The highest BCUT2D eigenvalue weighted by atomic mass is 32.2. The first-order chi connectivity index (χ1) is 13.3. The SMILES string of the molecule is Cc1cc(C)n(-c2cccc(CNc3noc4ccc(S(N)(=O)=O)cc34)c2)n1. The van der Waals surface area contributed by atoms with E-state index in [1.54, 1.807) is 0 Å². The fraction of sp³-hybridized carbons (Fsp3) is 0.158. The lowest BCUT2D eigenvalue weighted by molar-refractivity contribution is 0.459. The minimum Gasteiger partial charge on any atom is -0.363 e. The Hall–Kier alpha value is -3.17. The largest absolute Gasteiger partial charge is 0.363 e. The van der Waals surface area contributed by atoms with E-state index in [0.29, 0.717) is 23.3 Å². The molecule has 2 aromatic carbocycles. The molecule has 28 heavy (non-hydrogen) atoms. The van der Waals surface area contributed by atoms with E-state index in [1.165, 1.54) is 18.2 Å². The number of rotatable bonds is 5. The van der Waals surface area contributed by atoms with Crippen LogP contribution in [0.1, 0.15) is 17.0 Å². The maximum Gasteiger partial charge on any atom is 0.238 e. The van der Waals surface area contributed by atoms with Crippen molar-refractivity contribution in [1.82, 2.24) is 14.9 Å². The van der Waals surface area contributed by atoms with Crippen molar-refractivity contribution in [1.29, 1.82) is 0 Å². The second kappa shape index (κ2) is 6.77. The summed E-state index contributed by atoms with van der Waals surface area (Å²) in [6.07, 6.45) is 0. The number of benzene rings is 2. The van der Waals surface area contributed by atoms with Crippen molar-refractivity contribution < 1.29 is 12.9 Å². The van der Waals surface area contributed by atoms with Crippen molar-refractivity contribution in [3.05, 3.63) is 65.5 Å². The van der Waals surface area contributed by atoms with Gasteiger partial charge >= 0.3 is 0 Å². The normalized spacial score (nSPS) is 11.8. The van der Waals surface area contributed by atoms with E-state index < -0.39 is 10.0 Å². The Labute approximate surface area is 162 Å². The molecule has 0 fully saturated rings. The zero-order valence-electron chi connectivity index (χ0n) is 15.4. The topological polar surface area (TPSA) is 116 Å². The van der Waals surface area contributed by atoms with Crippen molar-refractivity contribution >= 4 is 26.8 Å². The van der Waals surface area contributed by atoms with Gasteiger partial charge in [0.25, 0.3) is 0 Å². The Kier molecular flexibility index (Phi) is 4.40. The molecule has 144 valence electrons. The molecule has 2 heterocycles. The third kappa shape index (κ3) is 3.49. The molecule has 2 aromatic heterocycles. The van der Waals surface area contributed by atoms with Gasteiger partial charge < -0.3 is 9.84 Å². The number of nitrogens with two attached hydrogens (primary N) is 1. The molecule has 4 rings (SSSR count). The molecule has 0 radical (unpaired) electrons. The number of hydrogen-bond acceptors (Lipinski definition) is 6. The number of anilines is 1. The summed E-state index contributed by atoms with van der Waals surface area (Å²) in [5.74, 6) is 0.456. The lowest BCUT2D eigenvalue weighted by Gasteiger charge is -2.08. The molecule has 3 N–H and O–H groups in total. The molecule has 0 amide bonds. The average Bonchev–Trinajstić information content (AvgIpc) is 3.21. The summed E-state index contributed by atoms with van der Waals surface area (Å²) in [6.45, 7) is 4.45. The van der Waals surface area contributed by atoms with E-state index in [9.17, 15) is 8.42 Å². The molecular weight excluding hydrogens is 378 g/mol. The molecule has 0 aliphatic rings. The molecule has 9 heteroatoms. The number of hydrogen-bond donors (Lipinski definition) is 2. The van der Waals surface area contributed by atoms with Crippen LogP contribution in [0.2, 0.25) is 0 Å². The standard InChI is InChI=1S/C19H19N5O3S/c1-12-8-13(2)24(22-12)15-5-3-4-14(9-15)11-21-19-17-10-16(28(20,25)26)6-7-18(17)27-23-19/h3-10H,11H2,1-2H3,(H,21,23)(H2,20,25,26). The summed E-state index contributed by atoms with van der Waals surface area (Å²) < 4.78 is 30.3. The summed E-state index contributed by atoms with van der Waals surface area (Å²) in [7, 11) is -3.80. The van der Waals surface area contributed by atoms with Gasteiger partial charge in [0.05, 0.1) is 21.7 Å². The third-order valence-corrected chi connectivity index (χ3v) is 5.31. The molecule has 0 aliphatic heterocycles. The highest BCUT2D eigenvalue weighted by molar-refractivity contribution is 7.89. The predicted octanol–water partition coefficient (Wildman–Crippen LogP) is 2.89. The first kappa shape index (κ1) is 18.2. The van der Waals surface area contributed by atoms with Crippen molar-refractivity contribution in [3.8, 4) is 5.69 Å². The first-order valence-corrected chi connectivity index (χ1v) is 10.1. The number of primary sulfonamides is 1. The molecule has 0 bridgehead atoms. The van der Waals surface area contributed by atoms with Crippen LogP contribution in [-0.2, 0) is 16.6 Å². The number of sulfonamides is 1. The third-order valence-electron chi connectivity index (χ3n) is 4.39. The second-order valence-corrected chi connectivity index (χ2v) is 8.16. The number of nitrogens with zero attached hydrogens (tertiary/aromatic N) is 3. The van der Waals surface area contributed by atoms with Gasteiger partial charge in [-0.25, -0.2) is 18.2 Å². The highest BCUT2D eigenvalue weighted by Crippen LogP contribution is 2.26. The fourth-order valence-electron chi connectivity index (χ4n) is 3.10. The Balaban J connectivity index is 1.60. The predicted molar refractivity (Wildman–Crippen MR) is 106 cm³/mol. The van der Waals surface area contributed by atoms with Gasteiger partial charge in [-0.2, -0.15) is 5.10 Å². The molecule has 0 spiro atoms. The Morgan fingerprint density at radius 3 is 2.68 bits per heavy atom. The van der Waals surface area contributed by atoms with E-state index in [2.05, 4.69) is 15.6 Å². The van der Waals surface area contributed by atoms with Gasteiger partial charge in [-0.1, -0.05) is 17.3 Å². The molecule has 0 unspecified atom stereocenters. The molecule has 0 saturated heterocycles. The first-order valence-electron chi connectivity index (χ1n) is 8.60. The van der Waals surface area contributed by atoms with E-state index in [1.807, 2.05) is 48.9 Å². The van der Waals surface area contributed by atoms with E-state index in [0.717, 1.165) is 22.6 Å². The van der Waals surface area contributed by atoms with Crippen LogP contribution >= 0.6 is 0 Å². The maximum absolute atomic E-state index is 11.6. The summed E-state index contributed by atoms with van der Waals surface area (Å²) in [5, 5.41) is 17.5. The second-order valence-electron chi connectivity index (χ2n) is 6.60. The van der Waals surface area contributed by atoms with E-state index >= 15 is 0 Å². The maximum atomic E-state index is 11.6. The number of fused-ring (bicyclic) bond motifs is 1. The Bertz CT molecular complexity index is 1270. The molecule has 0 aliphatic carbocycles. The molecular formula is C19H19N5O3S. The summed E-state index contributed by atoms with van der Waals surface area (Å²) in [4.78, 5) is 0.0118. The van der Waals surface area contributed by atoms with Gasteiger partial charge in [-0.05, 0) is 55.8 Å². The minimum atomic E-state index is -3.80. The summed E-state index contributed by atoms with van der Waals surface area (Å²) >= 11 is 0. The van der Waals surface area contributed by atoms with Crippen LogP contribution in [0.15, 0.2) is 57.9 Å². The zero-order valence-corrected chi connectivity index (χ0v) is 16.2. The van der Waals surface area contributed by atoms with Crippen LogP contribution in [0, 0.1) is 13.8 Å². The van der Waals surface area contributed by atoms with Crippen molar-refractivity contribution in [2.24, 2.45) is 5.14 Å². The lowest BCUT2D eigenvalue weighted by Crippen LogP contribution is -2.11. The smallest absolute Gasteiger partial charge is 0.238 e. The number of aryl methyl sites for hydroxylation is 2. The summed E-state index contributed by atoms with van der Waals surface area (Å²) in [5.41, 5.74) is 4.47. The molecule has 4 aromatic rings. The molecule has 8 nitrogen and oxygen atoms in total. The Morgan fingerprint density at radius 1 is 1.14 bits per heavy atom. The van der Waals surface area contributed by atoms with Crippen LogP contribution in [0.4, 0.5) is 5.82 Å². The van der Waals surface area contributed by atoms with Crippen molar-refractivity contribution in [2.45, 2.75) is 25.3 Å². The van der Waals surface area contributed by atoms with Gasteiger partial charge in [0, 0.05) is 12.2 Å². The lowest BCUT2D eigenvalue weighted by atomic mass is 10.2. The van der Waals surface area contributed by atoms with Crippen LogP contribution < -0.4 is 10.5 Å². The van der Waals surface area contributed by atoms with Crippen molar-refractivity contribution in [2.75, 3.05) is 5.32 Å². The van der Waals surface area contributed by atoms with Crippen LogP contribution in [0.25, 0.3) is 16.7 Å². The van der Waals surface area contributed by atoms with Gasteiger partial charge in [0.1, 0.15) is 0 Å². The van der Waals surface area contributed by atoms with Crippen molar-refractivity contribution in [3.63, 3.8) is 0 Å². The van der Waals surface area contributed by atoms with Gasteiger partial charge in [0.15, 0.2) is 11.4 Å². The average molecular weight is 397 g/mol. The quantitative estimate of drug-likeness (QED) is 0.535. The summed E-state index contributed by atoms with van der Waals surface area (Å²) in [6, 6.07) is 14.4. The van der Waals surface area contributed by atoms with Gasteiger partial charge in [0.2, 0.25) is 10.0 Å². The number of nitrogens with one attached hydrogen (secondary N) is 1. The molecule has 0 saturated carbocycles. The van der Waals surface area contributed by atoms with Gasteiger partial charge in [-0.3, -0.25) is 0 Å². The number of aromatic nitrogens is 3. The molecule has 0 atom stereocenters. The zero-order chi connectivity index (χ0) is 19.9. The highest BCUT2D eigenvalue weighted by Gasteiger charge is 2.14. The van der Waals surface area contributed by atoms with Crippen LogP contribution in [0.5, 0.6) is 0 Å². The van der Waals surface area contributed by atoms with Crippen LogP contribution in [-0.4, -0.2) is 23.4 Å². The monoisotopic (exact) mass is 397 g/mol.